The summed E-state index contributed by atoms with van der Waals surface area (Å²) in [6.45, 7) is 4.27. The van der Waals surface area contributed by atoms with E-state index in [1.807, 2.05) is 12.3 Å². The Hall–Kier alpha value is -2.06. The minimum Gasteiger partial charge on any atom is -0.256 e. The molecule has 0 fully saturated rings. The maximum Gasteiger partial charge on any atom is 0.0706 e. The van der Waals surface area contributed by atoms with E-state index in [0.717, 1.165) is 10.9 Å². The van der Waals surface area contributed by atoms with Crippen LogP contribution in [0.3, 0.4) is 0 Å². The van der Waals surface area contributed by atoms with Gasteiger partial charge in [0.1, 0.15) is 0 Å². The molecule has 0 radical (unpaired) electrons. The van der Waals surface area contributed by atoms with Crippen LogP contribution in [0.4, 0.5) is 5.69 Å². The molecule has 1 aromatic carbocycles. The van der Waals surface area contributed by atoms with Gasteiger partial charge >= 0.3 is 0 Å². The number of benzene rings is 1. The molecule has 1 heterocycles. The van der Waals surface area contributed by atoms with Crippen LogP contribution >= 0.6 is 0 Å². The topological polar surface area (TPSA) is 61.7 Å². The van der Waals surface area contributed by atoms with Crippen molar-refractivity contribution in [2.45, 2.75) is 19.8 Å². The predicted octanol–water partition coefficient (Wildman–Crippen LogP) is 4.30. The number of fused-ring (bicyclic) bond motifs is 1. The molecule has 2 rings (SSSR count). The second-order valence-corrected chi connectivity index (χ2v) is 3.99. The highest BCUT2D eigenvalue weighted by Gasteiger charge is 2.02. The molecule has 0 saturated carbocycles. The van der Waals surface area contributed by atoms with Crippen LogP contribution in [0.5, 0.6) is 0 Å². The van der Waals surface area contributed by atoms with Crippen LogP contribution in [0.1, 0.15) is 25.3 Å². The quantitative estimate of drug-likeness (QED) is 0.416. The van der Waals surface area contributed by atoms with Crippen LogP contribution in [0, 0.1) is 0 Å². The Kier molecular flexibility index (Phi) is 2.75. The predicted molar refractivity (Wildman–Crippen MR) is 64.6 cm³/mol. The largest absolute Gasteiger partial charge is 0.256 e. The van der Waals surface area contributed by atoms with Crippen molar-refractivity contribution in [1.29, 1.82) is 0 Å². The molecule has 0 unspecified atom stereocenters. The highest BCUT2D eigenvalue weighted by molar-refractivity contribution is 5.82. The summed E-state index contributed by atoms with van der Waals surface area (Å²) in [7, 11) is 0. The Morgan fingerprint density at radius 3 is 2.81 bits per heavy atom. The summed E-state index contributed by atoms with van der Waals surface area (Å²) in [6, 6.07) is 7.64. The molecule has 4 nitrogen and oxygen atoms in total. The average molecular weight is 212 g/mol. The Labute approximate surface area is 93.6 Å². The van der Waals surface area contributed by atoms with Crippen molar-refractivity contribution in [2.24, 2.45) is 5.11 Å². The van der Waals surface area contributed by atoms with Gasteiger partial charge in [0.2, 0.25) is 0 Å². The van der Waals surface area contributed by atoms with Gasteiger partial charge in [-0.25, -0.2) is 0 Å². The normalized spacial score (nSPS) is 10.4. The first kappa shape index (κ1) is 10.5. The molecule has 0 atom stereocenters. The van der Waals surface area contributed by atoms with Gasteiger partial charge in [-0.05, 0) is 29.1 Å². The number of rotatable bonds is 2. The van der Waals surface area contributed by atoms with Crippen molar-refractivity contribution >= 4 is 16.6 Å². The van der Waals surface area contributed by atoms with E-state index in [9.17, 15) is 0 Å². The third-order valence-corrected chi connectivity index (χ3v) is 2.52. The maximum absolute atomic E-state index is 8.35. The molecule has 80 valence electrons. The SMILES string of the molecule is CC(C)c1cnc2cc(N=[N+]=[N-])ccc2c1. The van der Waals surface area contributed by atoms with E-state index in [2.05, 4.69) is 34.9 Å². The van der Waals surface area contributed by atoms with E-state index in [-0.39, 0.29) is 0 Å². The van der Waals surface area contributed by atoms with E-state index < -0.39 is 0 Å². The second kappa shape index (κ2) is 4.21. The Balaban J connectivity index is 2.56. The number of azide groups is 1. The summed E-state index contributed by atoms with van der Waals surface area (Å²) in [5.74, 6) is 0.466. The Bertz CT molecular complexity index is 568. The monoisotopic (exact) mass is 212 g/mol. The van der Waals surface area contributed by atoms with Crippen LogP contribution in [0.2, 0.25) is 0 Å². The molecule has 0 aliphatic carbocycles. The molecule has 0 aliphatic rings. The number of hydrogen-bond donors (Lipinski definition) is 0. The first-order valence-electron chi connectivity index (χ1n) is 5.15. The molecule has 0 amide bonds. The van der Waals surface area contributed by atoms with Gasteiger partial charge in [0.05, 0.1) is 5.52 Å². The second-order valence-electron chi connectivity index (χ2n) is 3.99. The number of nitrogens with zero attached hydrogens (tertiary/aromatic N) is 4. The molecule has 0 aliphatic heterocycles. The minimum absolute atomic E-state index is 0.466. The molecular weight excluding hydrogens is 200 g/mol. The fourth-order valence-corrected chi connectivity index (χ4v) is 1.56. The van der Waals surface area contributed by atoms with Crippen molar-refractivity contribution < 1.29 is 0 Å². The highest BCUT2D eigenvalue weighted by atomic mass is 15.1. The molecule has 2 aromatic rings. The van der Waals surface area contributed by atoms with Gasteiger partial charge in [0.15, 0.2) is 0 Å². The van der Waals surface area contributed by atoms with Gasteiger partial charge in [0.25, 0.3) is 0 Å². The van der Waals surface area contributed by atoms with Crippen LogP contribution < -0.4 is 0 Å². The number of hydrogen-bond acceptors (Lipinski definition) is 2. The molecule has 0 bridgehead atoms. The highest BCUT2D eigenvalue weighted by Crippen LogP contribution is 2.23. The lowest BCUT2D eigenvalue weighted by Crippen LogP contribution is -1.89. The standard InChI is InChI=1S/C12H12N4/c1-8(2)10-5-9-3-4-11(15-16-13)6-12(9)14-7-10/h3-8H,1-2H3. The average Bonchev–Trinajstić information content (AvgIpc) is 2.28. The van der Waals surface area contributed by atoms with Crippen molar-refractivity contribution in [3.05, 3.63) is 46.5 Å². The van der Waals surface area contributed by atoms with E-state index in [0.29, 0.717) is 11.6 Å². The minimum atomic E-state index is 0.466. The molecule has 16 heavy (non-hydrogen) atoms. The molecule has 0 saturated heterocycles. The number of aromatic nitrogens is 1. The van der Waals surface area contributed by atoms with Gasteiger partial charge in [-0.1, -0.05) is 31.1 Å². The molecule has 1 aromatic heterocycles. The molecule has 0 spiro atoms. The first-order chi connectivity index (χ1) is 7.70. The van der Waals surface area contributed by atoms with Gasteiger partial charge in [-0.15, -0.1) is 0 Å². The zero-order valence-electron chi connectivity index (χ0n) is 9.25. The molecular formula is C12H12N4. The van der Waals surface area contributed by atoms with Crippen LogP contribution in [0.15, 0.2) is 35.6 Å². The first-order valence-corrected chi connectivity index (χ1v) is 5.15. The van der Waals surface area contributed by atoms with Crippen molar-refractivity contribution in [3.8, 4) is 0 Å². The Morgan fingerprint density at radius 1 is 1.31 bits per heavy atom. The zero-order valence-corrected chi connectivity index (χ0v) is 9.25. The van der Waals surface area contributed by atoms with E-state index in [1.165, 1.54) is 5.56 Å². The van der Waals surface area contributed by atoms with Crippen LogP contribution in [0.25, 0.3) is 21.3 Å². The lowest BCUT2D eigenvalue weighted by Gasteiger charge is -2.06. The smallest absolute Gasteiger partial charge is 0.0706 e. The van der Waals surface area contributed by atoms with Gasteiger partial charge in [0, 0.05) is 22.2 Å². The maximum atomic E-state index is 8.35. The van der Waals surface area contributed by atoms with Crippen molar-refractivity contribution in [2.75, 3.05) is 0 Å². The third kappa shape index (κ3) is 1.97. The number of pyridine rings is 1. The van der Waals surface area contributed by atoms with Crippen LogP contribution in [-0.2, 0) is 0 Å². The van der Waals surface area contributed by atoms with Gasteiger partial charge in [-0.3, -0.25) is 4.98 Å². The van der Waals surface area contributed by atoms with Crippen LogP contribution in [-0.4, -0.2) is 4.98 Å². The summed E-state index contributed by atoms with van der Waals surface area (Å²) >= 11 is 0. The molecule has 0 N–H and O–H groups in total. The lowest BCUT2D eigenvalue weighted by molar-refractivity contribution is 0.862. The summed E-state index contributed by atoms with van der Waals surface area (Å²) in [6.07, 6.45) is 1.87. The van der Waals surface area contributed by atoms with E-state index >= 15 is 0 Å². The summed E-state index contributed by atoms with van der Waals surface area (Å²) in [4.78, 5) is 7.12. The zero-order chi connectivity index (χ0) is 11.5. The Morgan fingerprint density at radius 2 is 2.12 bits per heavy atom. The summed E-state index contributed by atoms with van der Waals surface area (Å²) in [5, 5.41) is 4.63. The molecule has 4 heteroatoms. The van der Waals surface area contributed by atoms with Crippen molar-refractivity contribution in [1.82, 2.24) is 4.98 Å². The van der Waals surface area contributed by atoms with Gasteiger partial charge in [-0.2, -0.15) is 0 Å². The van der Waals surface area contributed by atoms with E-state index in [4.69, 9.17) is 5.53 Å². The fraction of sp³-hybridized carbons (Fsp3) is 0.250. The summed E-state index contributed by atoms with van der Waals surface area (Å²) < 4.78 is 0. The third-order valence-electron chi connectivity index (χ3n) is 2.52. The van der Waals surface area contributed by atoms with Crippen molar-refractivity contribution in [3.63, 3.8) is 0 Å². The van der Waals surface area contributed by atoms with Gasteiger partial charge < -0.3 is 0 Å². The fourth-order valence-electron chi connectivity index (χ4n) is 1.56. The summed E-state index contributed by atoms with van der Waals surface area (Å²) in [5.41, 5.74) is 11.0. The lowest BCUT2D eigenvalue weighted by atomic mass is 10.0. The van der Waals surface area contributed by atoms with E-state index in [1.54, 1.807) is 12.1 Å².